The van der Waals surface area contributed by atoms with Crippen LogP contribution in [0.3, 0.4) is 0 Å². The second-order valence-electron chi connectivity index (χ2n) is 7.72. The SMILES string of the molecule is C=CC[C@H](C)OC(=O)/C=C/[C@@H](OCOCCOC)[C@H](C)OC(=O)C[C@H](OC(=O)C=C)c1ccccc1. The molecule has 0 aliphatic heterocycles. The van der Waals surface area contributed by atoms with E-state index in [1.54, 1.807) is 51.3 Å². The van der Waals surface area contributed by atoms with Gasteiger partial charge in [-0.2, -0.15) is 0 Å². The highest BCUT2D eigenvalue weighted by Gasteiger charge is 2.25. The van der Waals surface area contributed by atoms with Crippen LogP contribution in [0.25, 0.3) is 0 Å². The Morgan fingerprint density at radius 1 is 0.972 bits per heavy atom. The standard InChI is InChI=1S/C27H36O9/c1-6-11-20(3)34-26(29)15-14-23(33-19-32-17-16-31-5)21(4)35-27(30)18-24(36-25(28)7-2)22-12-9-8-10-13-22/h6-10,12-15,20-21,23-24H,1-2,11,16-19H2,3-5H3/b15-14+/t20-,21-,23+,24-/m0/s1. The monoisotopic (exact) mass is 504 g/mol. The molecule has 0 amide bonds. The minimum Gasteiger partial charge on any atom is -0.459 e. The first-order valence-electron chi connectivity index (χ1n) is 11.6. The second-order valence-corrected chi connectivity index (χ2v) is 7.72. The molecule has 1 aromatic rings. The molecule has 4 atom stereocenters. The zero-order valence-electron chi connectivity index (χ0n) is 21.1. The van der Waals surface area contributed by atoms with Gasteiger partial charge in [0.25, 0.3) is 0 Å². The van der Waals surface area contributed by atoms with Crippen molar-refractivity contribution in [2.45, 2.75) is 51.1 Å². The highest BCUT2D eigenvalue weighted by Crippen LogP contribution is 2.23. The van der Waals surface area contributed by atoms with Gasteiger partial charge in [0.05, 0.1) is 19.6 Å². The van der Waals surface area contributed by atoms with E-state index in [1.807, 2.05) is 6.07 Å². The average Bonchev–Trinajstić information content (AvgIpc) is 2.85. The third-order valence-electron chi connectivity index (χ3n) is 4.74. The molecule has 0 N–H and O–H groups in total. The van der Waals surface area contributed by atoms with Crippen LogP contribution in [0.2, 0.25) is 0 Å². The van der Waals surface area contributed by atoms with E-state index in [0.29, 0.717) is 25.2 Å². The van der Waals surface area contributed by atoms with Crippen LogP contribution in [-0.2, 0) is 42.8 Å². The van der Waals surface area contributed by atoms with Gasteiger partial charge < -0.3 is 28.4 Å². The smallest absolute Gasteiger partial charge is 0.330 e. The number of carbonyl (C=O) groups is 3. The molecule has 0 radical (unpaired) electrons. The fraction of sp³-hybridized carbons (Fsp3) is 0.444. The lowest BCUT2D eigenvalue weighted by atomic mass is 10.1. The number of hydrogen-bond acceptors (Lipinski definition) is 9. The molecule has 0 aromatic heterocycles. The van der Waals surface area contributed by atoms with Crippen LogP contribution in [0, 0.1) is 0 Å². The molecule has 0 aliphatic carbocycles. The predicted molar refractivity (Wildman–Crippen MR) is 133 cm³/mol. The van der Waals surface area contributed by atoms with E-state index in [4.69, 9.17) is 28.4 Å². The largest absolute Gasteiger partial charge is 0.459 e. The molecule has 0 spiro atoms. The maximum atomic E-state index is 12.7. The van der Waals surface area contributed by atoms with Crippen molar-refractivity contribution < 1.29 is 42.8 Å². The average molecular weight is 505 g/mol. The van der Waals surface area contributed by atoms with Gasteiger partial charge in [-0.15, -0.1) is 6.58 Å². The number of hydrogen-bond donors (Lipinski definition) is 0. The first kappa shape index (κ1) is 30.8. The summed E-state index contributed by atoms with van der Waals surface area (Å²) in [4.78, 5) is 36.6. The van der Waals surface area contributed by atoms with E-state index in [-0.39, 0.29) is 19.3 Å². The van der Waals surface area contributed by atoms with Crippen molar-refractivity contribution in [2.24, 2.45) is 0 Å². The third-order valence-corrected chi connectivity index (χ3v) is 4.74. The Kier molecular flexibility index (Phi) is 15.4. The summed E-state index contributed by atoms with van der Waals surface area (Å²) in [6, 6.07) is 8.82. The number of methoxy groups -OCH3 is 1. The molecular formula is C27H36O9. The third kappa shape index (κ3) is 13.0. The van der Waals surface area contributed by atoms with Gasteiger partial charge in [0.15, 0.2) is 0 Å². The van der Waals surface area contributed by atoms with Crippen LogP contribution in [0.15, 0.2) is 67.8 Å². The molecule has 198 valence electrons. The molecule has 1 aromatic carbocycles. The fourth-order valence-corrected chi connectivity index (χ4v) is 2.93. The van der Waals surface area contributed by atoms with Gasteiger partial charge in [-0.3, -0.25) is 4.79 Å². The first-order chi connectivity index (χ1) is 17.3. The predicted octanol–water partition coefficient (Wildman–Crippen LogP) is 3.85. The Morgan fingerprint density at radius 2 is 1.69 bits per heavy atom. The number of esters is 3. The van der Waals surface area contributed by atoms with E-state index < -0.39 is 36.2 Å². The van der Waals surface area contributed by atoms with Gasteiger partial charge >= 0.3 is 17.9 Å². The summed E-state index contributed by atoms with van der Waals surface area (Å²) in [6.45, 7) is 10.9. The molecule has 0 heterocycles. The highest BCUT2D eigenvalue weighted by molar-refractivity contribution is 5.82. The molecule has 0 bridgehead atoms. The van der Waals surface area contributed by atoms with Crippen LogP contribution >= 0.6 is 0 Å². The summed E-state index contributed by atoms with van der Waals surface area (Å²) < 4.78 is 32.0. The molecule has 9 nitrogen and oxygen atoms in total. The molecular weight excluding hydrogens is 468 g/mol. The summed E-state index contributed by atoms with van der Waals surface area (Å²) in [6.07, 6.45) is 2.81. The summed E-state index contributed by atoms with van der Waals surface area (Å²) in [5, 5.41) is 0. The minimum absolute atomic E-state index is 0.119. The van der Waals surface area contributed by atoms with Crippen molar-refractivity contribution in [1.29, 1.82) is 0 Å². The van der Waals surface area contributed by atoms with Crippen LogP contribution < -0.4 is 0 Å². The lowest BCUT2D eigenvalue weighted by molar-refractivity contribution is -0.165. The summed E-state index contributed by atoms with van der Waals surface area (Å²) in [5.74, 6) is -1.86. The Hall–Kier alpha value is -3.27. The minimum atomic E-state index is -0.856. The Morgan fingerprint density at radius 3 is 2.33 bits per heavy atom. The quantitative estimate of drug-likeness (QED) is 0.0736. The first-order valence-corrected chi connectivity index (χ1v) is 11.6. The molecule has 0 fully saturated rings. The lowest BCUT2D eigenvalue weighted by Crippen LogP contribution is -2.31. The lowest BCUT2D eigenvalue weighted by Gasteiger charge is -2.23. The second kappa shape index (κ2) is 18.1. The van der Waals surface area contributed by atoms with Gasteiger partial charge in [-0.25, -0.2) is 9.59 Å². The van der Waals surface area contributed by atoms with Crippen LogP contribution in [0.5, 0.6) is 0 Å². The number of ether oxygens (including phenoxy) is 6. The van der Waals surface area contributed by atoms with Crippen LogP contribution in [-0.4, -0.2) is 63.3 Å². The zero-order chi connectivity index (χ0) is 26.8. The molecule has 36 heavy (non-hydrogen) atoms. The maximum absolute atomic E-state index is 12.7. The van der Waals surface area contributed by atoms with E-state index in [9.17, 15) is 14.4 Å². The van der Waals surface area contributed by atoms with Gasteiger partial charge in [0.2, 0.25) is 0 Å². The zero-order valence-corrected chi connectivity index (χ0v) is 21.1. The van der Waals surface area contributed by atoms with Crippen molar-refractivity contribution in [3.05, 3.63) is 73.4 Å². The normalized spacial score (nSPS) is 14.3. The number of carbonyl (C=O) groups excluding carboxylic acids is 3. The van der Waals surface area contributed by atoms with E-state index >= 15 is 0 Å². The van der Waals surface area contributed by atoms with Crippen LogP contribution in [0.1, 0.15) is 38.4 Å². The van der Waals surface area contributed by atoms with E-state index in [0.717, 1.165) is 6.08 Å². The molecule has 0 saturated heterocycles. The highest BCUT2D eigenvalue weighted by atomic mass is 16.7. The van der Waals surface area contributed by atoms with Gasteiger partial charge in [-0.1, -0.05) is 43.0 Å². The van der Waals surface area contributed by atoms with Gasteiger partial charge in [0.1, 0.15) is 31.2 Å². The summed E-state index contributed by atoms with van der Waals surface area (Å²) >= 11 is 0. The van der Waals surface area contributed by atoms with Gasteiger partial charge in [-0.05, 0) is 25.5 Å². The molecule has 0 aliphatic rings. The molecule has 1 rings (SSSR count). The number of rotatable bonds is 18. The van der Waals surface area contributed by atoms with Crippen molar-refractivity contribution in [2.75, 3.05) is 27.1 Å². The topological polar surface area (TPSA) is 107 Å². The summed E-state index contributed by atoms with van der Waals surface area (Å²) in [5.41, 5.74) is 0.632. The Bertz CT molecular complexity index is 850. The van der Waals surface area contributed by atoms with E-state index in [2.05, 4.69) is 13.2 Å². The van der Waals surface area contributed by atoms with E-state index in [1.165, 1.54) is 12.2 Å². The van der Waals surface area contributed by atoms with Crippen molar-refractivity contribution in [1.82, 2.24) is 0 Å². The fourth-order valence-electron chi connectivity index (χ4n) is 2.93. The number of benzene rings is 1. The summed E-state index contributed by atoms with van der Waals surface area (Å²) in [7, 11) is 1.55. The van der Waals surface area contributed by atoms with Gasteiger partial charge in [0, 0.05) is 25.7 Å². The van der Waals surface area contributed by atoms with Crippen molar-refractivity contribution in [3.8, 4) is 0 Å². The molecule has 9 heteroatoms. The molecule has 0 saturated carbocycles. The molecule has 0 unspecified atom stereocenters. The van der Waals surface area contributed by atoms with Crippen LogP contribution in [0.4, 0.5) is 0 Å². The Balaban J connectivity index is 2.85. The van der Waals surface area contributed by atoms with Crippen molar-refractivity contribution >= 4 is 17.9 Å². The Labute approximate surface area is 212 Å². The maximum Gasteiger partial charge on any atom is 0.330 e. The van der Waals surface area contributed by atoms with Crippen molar-refractivity contribution in [3.63, 3.8) is 0 Å².